The minimum absolute atomic E-state index is 0.0847. The summed E-state index contributed by atoms with van der Waals surface area (Å²) in [6.45, 7) is 3.31. The highest BCUT2D eigenvalue weighted by atomic mass is 16.3. The van der Waals surface area contributed by atoms with Crippen molar-refractivity contribution in [3.8, 4) is 0 Å². The van der Waals surface area contributed by atoms with Crippen molar-refractivity contribution in [2.45, 2.75) is 81.9 Å². The highest BCUT2D eigenvalue weighted by Gasteiger charge is 2.17. The third-order valence-electron chi connectivity index (χ3n) is 6.34. The molecule has 0 saturated carbocycles. The second kappa shape index (κ2) is 15.4. The van der Waals surface area contributed by atoms with E-state index in [4.69, 9.17) is 0 Å². The first kappa shape index (κ1) is 29.5. The Bertz CT molecular complexity index is 942. The van der Waals surface area contributed by atoms with Crippen LogP contribution in [0.5, 0.6) is 0 Å². The summed E-state index contributed by atoms with van der Waals surface area (Å²) in [5.74, 6) is -0.560. The van der Waals surface area contributed by atoms with E-state index < -0.39 is 36.3 Å². The molecule has 0 amide bonds. The van der Waals surface area contributed by atoms with Crippen LogP contribution in [0.15, 0.2) is 67.3 Å². The van der Waals surface area contributed by atoms with E-state index in [-0.39, 0.29) is 18.6 Å². The molecule has 36 heavy (non-hydrogen) atoms. The summed E-state index contributed by atoms with van der Waals surface area (Å²) in [4.78, 5) is 23.8. The molecular weight excluding hydrogens is 460 g/mol. The van der Waals surface area contributed by atoms with Gasteiger partial charge in [0.15, 0.2) is 11.6 Å². The van der Waals surface area contributed by atoms with Crippen LogP contribution in [0.2, 0.25) is 0 Å². The number of aliphatic hydroxyl groups is 5. The van der Waals surface area contributed by atoms with Gasteiger partial charge in [-0.3, -0.25) is 9.59 Å². The van der Waals surface area contributed by atoms with Crippen LogP contribution in [0, 0.1) is 0 Å². The van der Waals surface area contributed by atoms with Gasteiger partial charge in [-0.25, -0.2) is 0 Å². The molecule has 7 heteroatoms. The summed E-state index contributed by atoms with van der Waals surface area (Å²) in [6, 6.07) is 15.8. The Balaban J connectivity index is 1.66. The van der Waals surface area contributed by atoms with Gasteiger partial charge in [0.1, 0.15) is 6.10 Å². The van der Waals surface area contributed by atoms with E-state index in [1.54, 1.807) is 36.4 Å². The molecule has 0 fully saturated rings. The monoisotopic (exact) mass is 498 g/mol. The minimum Gasteiger partial charge on any atom is -0.393 e. The van der Waals surface area contributed by atoms with Gasteiger partial charge in [0.05, 0.1) is 24.4 Å². The Kier molecular flexibility index (Phi) is 12.7. The van der Waals surface area contributed by atoms with Crippen molar-refractivity contribution in [2.24, 2.45) is 0 Å². The maximum Gasteiger partial charge on any atom is 0.193 e. The van der Waals surface area contributed by atoms with Gasteiger partial charge in [0, 0.05) is 11.1 Å². The molecule has 7 nitrogen and oxygen atoms in total. The van der Waals surface area contributed by atoms with E-state index in [1.807, 2.05) is 18.2 Å². The van der Waals surface area contributed by atoms with Gasteiger partial charge < -0.3 is 25.5 Å². The van der Waals surface area contributed by atoms with Crippen LogP contribution in [0.4, 0.5) is 0 Å². The van der Waals surface area contributed by atoms with Crippen LogP contribution in [0.1, 0.15) is 79.0 Å². The van der Waals surface area contributed by atoms with Crippen molar-refractivity contribution in [3.63, 3.8) is 0 Å². The zero-order valence-corrected chi connectivity index (χ0v) is 20.6. The quantitative estimate of drug-likeness (QED) is 0.167. The number of ketones is 2. The topological polar surface area (TPSA) is 135 Å². The normalized spacial score (nSPS) is 15.5. The van der Waals surface area contributed by atoms with E-state index in [2.05, 4.69) is 6.58 Å². The molecule has 0 saturated heterocycles. The highest BCUT2D eigenvalue weighted by molar-refractivity contribution is 6.08. The van der Waals surface area contributed by atoms with Gasteiger partial charge >= 0.3 is 0 Å². The summed E-state index contributed by atoms with van der Waals surface area (Å²) in [5.41, 5.74) is 1.81. The smallest absolute Gasteiger partial charge is 0.193 e. The maximum absolute atomic E-state index is 12.5. The van der Waals surface area contributed by atoms with Crippen LogP contribution in [0.25, 0.3) is 0 Å². The Hall–Kier alpha value is -2.68. The maximum atomic E-state index is 12.5. The molecule has 0 aliphatic rings. The fraction of sp³-hybridized carbons (Fsp3) is 0.448. The largest absolute Gasteiger partial charge is 0.393 e. The number of carbonyl (C=O) groups excluding carboxylic acids is 2. The van der Waals surface area contributed by atoms with Crippen LogP contribution in [-0.4, -0.2) is 61.5 Å². The van der Waals surface area contributed by atoms with Crippen molar-refractivity contribution < 1.29 is 35.1 Å². The van der Waals surface area contributed by atoms with E-state index in [0.29, 0.717) is 55.2 Å². The lowest BCUT2D eigenvalue weighted by Gasteiger charge is -2.18. The van der Waals surface area contributed by atoms with E-state index >= 15 is 0 Å². The van der Waals surface area contributed by atoms with Crippen molar-refractivity contribution in [1.29, 1.82) is 0 Å². The third kappa shape index (κ3) is 10.1. The highest BCUT2D eigenvalue weighted by Crippen LogP contribution is 2.22. The second-order valence-electron chi connectivity index (χ2n) is 9.23. The molecule has 5 N–H and O–H groups in total. The summed E-state index contributed by atoms with van der Waals surface area (Å²) in [7, 11) is 0. The number of aliphatic hydroxyl groups excluding tert-OH is 5. The third-order valence-corrected chi connectivity index (χ3v) is 6.34. The number of hydrogen-bond donors (Lipinski definition) is 5. The molecule has 0 aromatic heterocycles. The van der Waals surface area contributed by atoms with Gasteiger partial charge in [0.2, 0.25) is 0 Å². The average Bonchev–Trinajstić information content (AvgIpc) is 2.91. The Morgan fingerprint density at radius 3 is 1.58 bits per heavy atom. The SMILES string of the molecule is C=CC(=O)C(O)CCC(O)CCC(O)CCC(O)CCC(O)c1ccc(C(=O)c2ccccc2)cc1. The number of hydrogen-bond acceptors (Lipinski definition) is 7. The average molecular weight is 499 g/mol. The van der Waals surface area contributed by atoms with E-state index in [1.165, 1.54) is 0 Å². The molecule has 0 radical (unpaired) electrons. The van der Waals surface area contributed by atoms with Crippen LogP contribution in [0.3, 0.4) is 0 Å². The Labute approximate surface area is 212 Å². The van der Waals surface area contributed by atoms with Crippen LogP contribution in [-0.2, 0) is 4.79 Å². The fourth-order valence-electron chi connectivity index (χ4n) is 3.96. The lowest BCUT2D eigenvalue weighted by molar-refractivity contribution is -0.122. The summed E-state index contributed by atoms with van der Waals surface area (Å²) < 4.78 is 0. The summed E-state index contributed by atoms with van der Waals surface area (Å²) in [6.07, 6.45) is -0.521. The molecule has 0 spiro atoms. The molecule has 0 heterocycles. The molecule has 2 aromatic carbocycles. The molecule has 2 aromatic rings. The van der Waals surface area contributed by atoms with Crippen molar-refractivity contribution in [1.82, 2.24) is 0 Å². The minimum atomic E-state index is -1.16. The lowest BCUT2D eigenvalue weighted by Crippen LogP contribution is -2.21. The molecule has 0 aliphatic carbocycles. The summed E-state index contributed by atoms with van der Waals surface area (Å²) in [5, 5.41) is 50.4. The molecule has 5 atom stereocenters. The molecule has 2 rings (SSSR count). The van der Waals surface area contributed by atoms with Gasteiger partial charge in [-0.15, -0.1) is 0 Å². The molecule has 0 bridgehead atoms. The van der Waals surface area contributed by atoms with Crippen molar-refractivity contribution >= 4 is 11.6 Å². The van der Waals surface area contributed by atoms with Gasteiger partial charge in [-0.05, 0) is 63.0 Å². The predicted molar refractivity (Wildman–Crippen MR) is 137 cm³/mol. The first-order valence-electron chi connectivity index (χ1n) is 12.5. The van der Waals surface area contributed by atoms with Crippen LogP contribution >= 0.6 is 0 Å². The molecule has 0 aliphatic heterocycles. The van der Waals surface area contributed by atoms with Gasteiger partial charge in [-0.2, -0.15) is 0 Å². The van der Waals surface area contributed by atoms with Gasteiger partial charge in [-0.1, -0.05) is 61.2 Å². The zero-order valence-electron chi connectivity index (χ0n) is 20.6. The number of carbonyl (C=O) groups is 2. The van der Waals surface area contributed by atoms with Crippen molar-refractivity contribution in [3.05, 3.63) is 83.9 Å². The predicted octanol–water partition coefficient (Wildman–Crippen LogP) is 3.27. The number of benzene rings is 2. The first-order chi connectivity index (χ1) is 17.2. The zero-order chi connectivity index (χ0) is 26.5. The number of rotatable bonds is 17. The van der Waals surface area contributed by atoms with Gasteiger partial charge in [0.25, 0.3) is 0 Å². The molecule has 196 valence electrons. The lowest BCUT2D eigenvalue weighted by atomic mass is 9.96. The van der Waals surface area contributed by atoms with Crippen LogP contribution < -0.4 is 0 Å². The summed E-state index contributed by atoms with van der Waals surface area (Å²) >= 11 is 0. The Morgan fingerprint density at radius 2 is 1.08 bits per heavy atom. The fourth-order valence-corrected chi connectivity index (χ4v) is 3.96. The standard InChI is InChI=1S/C29H38O7/c1-2-26(33)28(35)19-17-25(32)15-13-23(30)12-14-24(31)16-18-27(34)20-8-10-22(11-9-20)29(36)21-6-4-3-5-7-21/h2-11,23-25,27-28,30-32,34-35H,1,12-19H2. The molecular formula is C29H38O7. The first-order valence-corrected chi connectivity index (χ1v) is 12.5. The Morgan fingerprint density at radius 1 is 0.639 bits per heavy atom. The van der Waals surface area contributed by atoms with Crippen molar-refractivity contribution in [2.75, 3.05) is 0 Å². The van der Waals surface area contributed by atoms with E-state index in [9.17, 15) is 35.1 Å². The molecule has 5 unspecified atom stereocenters. The second-order valence-corrected chi connectivity index (χ2v) is 9.23. The van der Waals surface area contributed by atoms with E-state index in [0.717, 1.165) is 6.08 Å².